The zero-order valence-corrected chi connectivity index (χ0v) is 11.4. The zero-order chi connectivity index (χ0) is 12.1. The van der Waals surface area contributed by atoms with E-state index in [0.717, 1.165) is 24.5 Å². The molecule has 0 aliphatic rings. The number of hydrogen-bond donors (Lipinski definition) is 1. The summed E-state index contributed by atoms with van der Waals surface area (Å²) in [5.41, 5.74) is 2.26. The van der Waals surface area contributed by atoms with E-state index in [4.69, 9.17) is 4.74 Å². The topological polar surface area (TPSA) is 39.1 Å². The van der Waals surface area contributed by atoms with Crippen LogP contribution < -0.4 is 10.1 Å². The number of benzene rings is 1. The van der Waals surface area contributed by atoms with E-state index >= 15 is 0 Å². The molecule has 0 spiro atoms. The summed E-state index contributed by atoms with van der Waals surface area (Å²) in [4.78, 5) is 0. The number of ether oxygens (including phenoxy) is 1. The van der Waals surface area contributed by atoms with Crippen LogP contribution in [0.2, 0.25) is 0 Å². The molecule has 0 amide bonds. The molecule has 0 aliphatic heterocycles. The SMILES string of the molecule is COc1cccc(CNCc2ccn(C)n2)c1.Cl. The van der Waals surface area contributed by atoms with Gasteiger partial charge in [-0.05, 0) is 23.8 Å². The fraction of sp³-hybridized carbons (Fsp3) is 0.308. The molecule has 18 heavy (non-hydrogen) atoms. The number of rotatable bonds is 5. The molecule has 1 heterocycles. The fourth-order valence-corrected chi connectivity index (χ4v) is 1.67. The summed E-state index contributed by atoms with van der Waals surface area (Å²) in [6.45, 7) is 1.59. The van der Waals surface area contributed by atoms with E-state index < -0.39 is 0 Å². The average molecular weight is 268 g/mol. The lowest BCUT2D eigenvalue weighted by molar-refractivity contribution is 0.414. The van der Waals surface area contributed by atoms with Crippen molar-refractivity contribution < 1.29 is 4.74 Å². The molecule has 1 N–H and O–H groups in total. The Labute approximate surface area is 113 Å². The largest absolute Gasteiger partial charge is 0.497 e. The van der Waals surface area contributed by atoms with Crippen molar-refractivity contribution in [2.75, 3.05) is 7.11 Å². The molecular weight excluding hydrogens is 250 g/mol. The standard InChI is InChI=1S/C13H17N3O.ClH/c1-16-7-6-12(15-16)10-14-9-11-4-3-5-13(8-11)17-2;/h3-8,14H,9-10H2,1-2H3;1H. The second-order valence-electron chi connectivity index (χ2n) is 3.94. The molecule has 2 aromatic rings. The van der Waals surface area contributed by atoms with Crippen LogP contribution in [-0.4, -0.2) is 16.9 Å². The summed E-state index contributed by atoms with van der Waals surface area (Å²) in [6, 6.07) is 10.1. The average Bonchev–Trinajstić information content (AvgIpc) is 2.75. The maximum atomic E-state index is 5.18. The van der Waals surface area contributed by atoms with Crippen molar-refractivity contribution in [2.24, 2.45) is 7.05 Å². The van der Waals surface area contributed by atoms with Crippen LogP contribution in [0.1, 0.15) is 11.3 Å². The highest BCUT2D eigenvalue weighted by Gasteiger charge is 1.98. The lowest BCUT2D eigenvalue weighted by Gasteiger charge is -2.05. The Morgan fingerprint density at radius 3 is 2.78 bits per heavy atom. The van der Waals surface area contributed by atoms with E-state index in [1.54, 1.807) is 7.11 Å². The van der Waals surface area contributed by atoms with E-state index in [1.807, 2.05) is 42.2 Å². The van der Waals surface area contributed by atoms with Crippen molar-refractivity contribution in [3.8, 4) is 5.75 Å². The van der Waals surface area contributed by atoms with E-state index in [0.29, 0.717) is 0 Å². The van der Waals surface area contributed by atoms with Gasteiger partial charge < -0.3 is 10.1 Å². The quantitative estimate of drug-likeness (QED) is 0.902. The van der Waals surface area contributed by atoms with Crippen LogP contribution >= 0.6 is 12.4 Å². The molecule has 5 heteroatoms. The fourth-order valence-electron chi connectivity index (χ4n) is 1.67. The van der Waals surface area contributed by atoms with Gasteiger partial charge >= 0.3 is 0 Å². The minimum atomic E-state index is 0. The molecule has 4 nitrogen and oxygen atoms in total. The predicted molar refractivity (Wildman–Crippen MR) is 74.0 cm³/mol. The monoisotopic (exact) mass is 267 g/mol. The molecule has 1 aromatic carbocycles. The van der Waals surface area contributed by atoms with Crippen molar-refractivity contribution in [3.05, 3.63) is 47.8 Å². The van der Waals surface area contributed by atoms with Gasteiger partial charge in [0.25, 0.3) is 0 Å². The molecule has 0 unspecified atom stereocenters. The second kappa shape index (κ2) is 7.03. The summed E-state index contributed by atoms with van der Waals surface area (Å²) in [6.07, 6.45) is 1.95. The third kappa shape index (κ3) is 4.05. The number of nitrogens with one attached hydrogen (secondary N) is 1. The van der Waals surface area contributed by atoms with Crippen LogP contribution in [-0.2, 0) is 20.1 Å². The molecular formula is C13H18ClN3O. The van der Waals surface area contributed by atoms with E-state index in [9.17, 15) is 0 Å². The number of aromatic nitrogens is 2. The normalized spacial score (nSPS) is 9.89. The minimum absolute atomic E-state index is 0. The van der Waals surface area contributed by atoms with Gasteiger partial charge in [0.1, 0.15) is 5.75 Å². The first kappa shape index (κ1) is 14.5. The van der Waals surface area contributed by atoms with Crippen molar-refractivity contribution >= 4 is 12.4 Å². The van der Waals surface area contributed by atoms with Gasteiger partial charge in [0.05, 0.1) is 12.8 Å². The number of nitrogens with zero attached hydrogens (tertiary/aromatic N) is 2. The molecule has 98 valence electrons. The van der Waals surface area contributed by atoms with Crippen LogP contribution in [0.15, 0.2) is 36.5 Å². The lowest BCUT2D eigenvalue weighted by Crippen LogP contribution is -2.13. The van der Waals surface area contributed by atoms with Gasteiger partial charge in [-0.1, -0.05) is 12.1 Å². The Balaban J connectivity index is 0.00000162. The molecule has 2 rings (SSSR count). The minimum Gasteiger partial charge on any atom is -0.497 e. The summed E-state index contributed by atoms with van der Waals surface area (Å²) >= 11 is 0. The Hall–Kier alpha value is -1.52. The van der Waals surface area contributed by atoms with Gasteiger partial charge in [0.15, 0.2) is 0 Å². The zero-order valence-electron chi connectivity index (χ0n) is 10.6. The van der Waals surface area contributed by atoms with Crippen molar-refractivity contribution in [1.29, 1.82) is 0 Å². The van der Waals surface area contributed by atoms with Gasteiger partial charge in [-0.2, -0.15) is 5.10 Å². The summed E-state index contributed by atoms with van der Waals surface area (Å²) in [5.74, 6) is 0.891. The van der Waals surface area contributed by atoms with Crippen LogP contribution in [0.5, 0.6) is 5.75 Å². The van der Waals surface area contributed by atoms with Crippen molar-refractivity contribution in [2.45, 2.75) is 13.1 Å². The maximum Gasteiger partial charge on any atom is 0.119 e. The Morgan fingerprint density at radius 2 is 2.11 bits per heavy atom. The van der Waals surface area contributed by atoms with E-state index in [2.05, 4.69) is 16.5 Å². The Bertz CT molecular complexity index is 485. The third-order valence-corrected chi connectivity index (χ3v) is 2.54. The van der Waals surface area contributed by atoms with Gasteiger partial charge in [-0.15, -0.1) is 12.4 Å². The van der Waals surface area contributed by atoms with Gasteiger partial charge in [0, 0.05) is 26.3 Å². The highest BCUT2D eigenvalue weighted by atomic mass is 35.5. The summed E-state index contributed by atoms with van der Waals surface area (Å²) in [7, 11) is 3.60. The number of aryl methyl sites for hydroxylation is 1. The van der Waals surface area contributed by atoms with Gasteiger partial charge in [0.2, 0.25) is 0 Å². The summed E-state index contributed by atoms with van der Waals surface area (Å²) in [5, 5.41) is 7.66. The van der Waals surface area contributed by atoms with E-state index in [1.165, 1.54) is 5.56 Å². The Morgan fingerprint density at radius 1 is 1.28 bits per heavy atom. The molecule has 1 aromatic heterocycles. The number of methoxy groups -OCH3 is 1. The molecule has 0 radical (unpaired) electrons. The lowest BCUT2D eigenvalue weighted by atomic mass is 10.2. The second-order valence-corrected chi connectivity index (χ2v) is 3.94. The summed E-state index contributed by atoms with van der Waals surface area (Å²) < 4.78 is 6.99. The Kier molecular flexibility index (Phi) is 5.68. The number of hydrogen-bond acceptors (Lipinski definition) is 3. The van der Waals surface area contributed by atoms with Crippen LogP contribution in [0.3, 0.4) is 0 Å². The molecule has 0 bridgehead atoms. The first-order chi connectivity index (χ1) is 8.28. The first-order valence-corrected chi connectivity index (χ1v) is 5.60. The van der Waals surface area contributed by atoms with Crippen LogP contribution in [0.4, 0.5) is 0 Å². The maximum absolute atomic E-state index is 5.18. The smallest absolute Gasteiger partial charge is 0.119 e. The molecule has 0 saturated carbocycles. The van der Waals surface area contributed by atoms with Gasteiger partial charge in [-0.3, -0.25) is 4.68 Å². The van der Waals surface area contributed by atoms with Crippen molar-refractivity contribution in [3.63, 3.8) is 0 Å². The highest BCUT2D eigenvalue weighted by Crippen LogP contribution is 2.12. The van der Waals surface area contributed by atoms with Crippen LogP contribution in [0, 0.1) is 0 Å². The third-order valence-electron chi connectivity index (χ3n) is 2.54. The molecule has 0 saturated heterocycles. The predicted octanol–water partition coefficient (Wildman–Crippen LogP) is 2.14. The van der Waals surface area contributed by atoms with Gasteiger partial charge in [-0.25, -0.2) is 0 Å². The van der Waals surface area contributed by atoms with Crippen LogP contribution in [0.25, 0.3) is 0 Å². The molecule has 0 aliphatic carbocycles. The molecule has 0 fully saturated rings. The number of halogens is 1. The first-order valence-electron chi connectivity index (χ1n) is 5.60. The van der Waals surface area contributed by atoms with E-state index in [-0.39, 0.29) is 12.4 Å². The molecule has 0 atom stereocenters. The highest BCUT2D eigenvalue weighted by molar-refractivity contribution is 5.85. The van der Waals surface area contributed by atoms with Crippen molar-refractivity contribution in [1.82, 2.24) is 15.1 Å².